The summed E-state index contributed by atoms with van der Waals surface area (Å²) in [4.78, 5) is 11.2. The van der Waals surface area contributed by atoms with Crippen LogP contribution in [0.25, 0.3) is 28.1 Å². The first-order chi connectivity index (χ1) is 14.6. The minimum Gasteiger partial charge on any atom is -0.475 e. The lowest BCUT2D eigenvalue weighted by atomic mass is 10.2. The number of ether oxygens (including phenoxy) is 1. The van der Waals surface area contributed by atoms with Gasteiger partial charge in [-0.25, -0.2) is 14.5 Å². The average molecular weight is 408 g/mol. The molecule has 0 amide bonds. The highest BCUT2D eigenvalue weighted by Crippen LogP contribution is 2.35. The molecule has 2 atom stereocenters. The zero-order valence-electron chi connectivity index (χ0n) is 16.7. The van der Waals surface area contributed by atoms with Crippen molar-refractivity contribution < 1.29 is 14.3 Å². The molecule has 30 heavy (non-hydrogen) atoms. The maximum Gasteiger partial charge on any atom is 0.231 e. The van der Waals surface area contributed by atoms with Gasteiger partial charge < -0.3 is 24.9 Å². The molecule has 1 aliphatic rings. The number of furan rings is 1. The number of aromatic nitrogens is 4. The Balaban J connectivity index is 1.56. The molecule has 4 aromatic heterocycles. The minimum absolute atomic E-state index is 0.0839. The number of fused-ring (bicyclic) bond motifs is 2. The average Bonchev–Trinajstić information content (AvgIpc) is 3.48. The predicted molar refractivity (Wildman–Crippen MR) is 113 cm³/mol. The van der Waals surface area contributed by atoms with Crippen LogP contribution in [0.5, 0.6) is 5.88 Å². The van der Waals surface area contributed by atoms with E-state index in [0.717, 1.165) is 41.9 Å². The molecule has 4 aromatic rings. The van der Waals surface area contributed by atoms with Crippen LogP contribution in [0.1, 0.15) is 19.8 Å². The summed E-state index contributed by atoms with van der Waals surface area (Å²) < 4.78 is 13.5. The minimum atomic E-state index is -0.0839. The molecule has 5 rings (SSSR count). The number of rotatable bonds is 6. The van der Waals surface area contributed by atoms with E-state index in [0.29, 0.717) is 23.9 Å². The fourth-order valence-corrected chi connectivity index (χ4v) is 3.93. The molecule has 0 aliphatic carbocycles. The molecule has 0 aromatic carbocycles. The molecule has 1 saturated heterocycles. The van der Waals surface area contributed by atoms with Crippen LogP contribution in [0.15, 0.2) is 41.1 Å². The Bertz CT molecular complexity index is 1180. The molecule has 156 valence electrons. The van der Waals surface area contributed by atoms with Crippen LogP contribution < -0.4 is 15.4 Å². The maximum absolute atomic E-state index is 9.72. The Morgan fingerprint density at radius 2 is 2.23 bits per heavy atom. The smallest absolute Gasteiger partial charge is 0.231 e. The highest BCUT2D eigenvalue weighted by molar-refractivity contribution is 5.92. The molecule has 1 aliphatic heterocycles. The third-order valence-corrected chi connectivity index (χ3v) is 5.37. The number of nitrogens with two attached hydrogens (primary N) is 1. The van der Waals surface area contributed by atoms with Gasteiger partial charge in [0.1, 0.15) is 23.7 Å². The standard InChI is InChI=1S/C21H24N6O3/c1-13(22)12-29-20-5-4-19-24-10-16(27(19)25-20)18-9-15-17(30-18)6-7-23-21(15)26-8-2-3-14(26)11-28/h4-7,9-10,13-14,28H,2-3,8,11-12,22H2,1H3. The van der Waals surface area contributed by atoms with Crippen molar-refractivity contribution in [2.45, 2.75) is 31.8 Å². The van der Waals surface area contributed by atoms with Gasteiger partial charge in [-0.15, -0.1) is 5.10 Å². The van der Waals surface area contributed by atoms with Crippen molar-refractivity contribution in [1.82, 2.24) is 19.6 Å². The van der Waals surface area contributed by atoms with E-state index in [-0.39, 0.29) is 18.7 Å². The van der Waals surface area contributed by atoms with Gasteiger partial charge in [-0.3, -0.25) is 0 Å². The summed E-state index contributed by atoms with van der Waals surface area (Å²) in [5, 5.41) is 15.2. The van der Waals surface area contributed by atoms with E-state index in [4.69, 9.17) is 14.9 Å². The van der Waals surface area contributed by atoms with E-state index >= 15 is 0 Å². The normalized spacial score (nSPS) is 17.8. The van der Waals surface area contributed by atoms with Crippen LogP contribution in [-0.4, -0.2) is 56.5 Å². The van der Waals surface area contributed by atoms with Crippen LogP contribution in [0.3, 0.4) is 0 Å². The zero-order valence-corrected chi connectivity index (χ0v) is 16.7. The van der Waals surface area contributed by atoms with E-state index in [9.17, 15) is 5.11 Å². The van der Waals surface area contributed by atoms with Crippen LogP contribution in [0.4, 0.5) is 5.82 Å². The highest BCUT2D eigenvalue weighted by atomic mass is 16.5. The van der Waals surface area contributed by atoms with Crippen molar-refractivity contribution in [1.29, 1.82) is 0 Å². The van der Waals surface area contributed by atoms with Gasteiger partial charge in [-0.2, -0.15) is 0 Å². The van der Waals surface area contributed by atoms with Crippen molar-refractivity contribution in [3.63, 3.8) is 0 Å². The number of aliphatic hydroxyl groups is 1. The summed E-state index contributed by atoms with van der Waals surface area (Å²) in [6, 6.07) is 7.43. The van der Waals surface area contributed by atoms with E-state index in [1.807, 2.05) is 25.1 Å². The zero-order chi connectivity index (χ0) is 20.7. The van der Waals surface area contributed by atoms with E-state index in [2.05, 4.69) is 20.0 Å². The Morgan fingerprint density at radius 3 is 3.07 bits per heavy atom. The molecule has 3 N–H and O–H groups in total. The number of imidazole rings is 1. The first-order valence-electron chi connectivity index (χ1n) is 10.1. The van der Waals surface area contributed by atoms with E-state index < -0.39 is 0 Å². The van der Waals surface area contributed by atoms with E-state index in [1.165, 1.54) is 0 Å². The number of hydrogen-bond donors (Lipinski definition) is 2. The summed E-state index contributed by atoms with van der Waals surface area (Å²) in [5.74, 6) is 1.95. The second kappa shape index (κ2) is 7.58. The Labute approximate surface area is 173 Å². The molecule has 9 nitrogen and oxygen atoms in total. The number of pyridine rings is 1. The topological polar surface area (TPSA) is 115 Å². The monoisotopic (exact) mass is 408 g/mol. The van der Waals surface area contributed by atoms with Crippen LogP contribution in [0.2, 0.25) is 0 Å². The highest BCUT2D eigenvalue weighted by Gasteiger charge is 2.27. The number of nitrogens with zero attached hydrogens (tertiary/aromatic N) is 5. The Hall–Kier alpha value is -3.17. The summed E-state index contributed by atoms with van der Waals surface area (Å²) in [6.07, 6.45) is 5.47. The Morgan fingerprint density at radius 1 is 1.33 bits per heavy atom. The number of hydrogen-bond acceptors (Lipinski definition) is 8. The van der Waals surface area contributed by atoms with Gasteiger partial charge in [0.25, 0.3) is 0 Å². The Kier molecular flexibility index (Phi) is 4.76. The van der Waals surface area contributed by atoms with Crippen molar-refractivity contribution in [3.8, 4) is 17.3 Å². The van der Waals surface area contributed by atoms with Gasteiger partial charge in [0.05, 0.1) is 24.2 Å². The first kappa shape index (κ1) is 18.8. The van der Waals surface area contributed by atoms with Gasteiger partial charge in [0, 0.05) is 24.8 Å². The molecule has 1 fully saturated rings. The summed E-state index contributed by atoms with van der Waals surface area (Å²) in [7, 11) is 0. The molecule has 0 bridgehead atoms. The van der Waals surface area contributed by atoms with E-state index in [1.54, 1.807) is 23.0 Å². The lowest BCUT2D eigenvalue weighted by molar-refractivity contribution is 0.266. The maximum atomic E-state index is 9.72. The molecule has 0 saturated carbocycles. The van der Waals surface area contributed by atoms with Gasteiger partial charge >= 0.3 is 0 Å². The quantitative estimate of drug-likeness (QED) is 0.499. The van der Waals surface area contributed by atoms with Crippen LogP contribution in [-0.2, 0) is 0 Å². The molecule has 0 spiro atoms. The van der Waals surface area contributed by atoms with Gasteiger partial charge in [0.2, 0.25) is 5.88 Å². The molecule has 9 heteroatoms. The third-order valence-electron chi connectivity index (χ3n) is 5.37. The van der Waals surface area contributed by atoms with Crippen molar-refractivity contribution in [3.05, 3.63) is 36.7 Å². The van der Waals surface area contributed by atoms with Crippen LogP contribution >= 0.6 is 0 Å². The van der Waals surface area contributed by atoms with Crippen molar-refractivity contribution >= 4 is 22.4 Å². The first-order valence-corrected chi connectivity index (χ1v) is 10.1. The second-order valence-corrected chi connectivity index (χ2v) is 7.70. The molecule has 0 radical (unpaired) electrons. The van der Waals surface area contributed by atoms with Crippen LogP contribution in [0, 0.1) is 0 Å². The van der Waals surface area contributed by atoms with Crippen molar-refractivity contribution in [2.24, 2.45) is 5.73 Å². The third kappa shape index (κ3) is 3.25. The number of anilines is 1. The summed E-state index contributed by atoms with van der Waals surface area (Å²) in [5.41, 5.74) is 7.92. The predicted octanol–water partition coefficient (Wildman–Crippen LogP) is 2.22. The summed E-state index contributed by atoms with van der Waals surface area (Å²) >= 11 is 0. The summed E-state index contributed by atoms with van der Waals surface area (Å²) in [6.45, 7) is 3.24. The lowest BCUT2D eigenvalue weighted by Gasteiger charge is -2.24. The largest absolute Gasteiger partial charge is 0.475 e. The van der Waals surface area contributed by atoms with Gasteiger partial charge in [-0.1, -0.05) is 0 Å². The second-order valence-electron chi connectivity index (χ2n) is 7.70. The van der Waals surface area contributed by atoms with Gasteiger partial charge in [-0.05, 0) is 38.0 Å². The molecule has 2 unspecified atom stereocenters. The van der Waals surface area contributed by atoms with Crippen molar-refractivity contribution in [2.75, 3.05) is 24.7 Å². The molecular formula is C21H24N6O3. The SMILES string of the molecule is CC(N)COc1ccc2ncc(-c3cc4c(N5CCCC5CO)nccc4o3)n2n1. The molecular weight excluding hydrogens is 384 g/mol. The fraction of sp³-hybridized carbons (Fsp3) is 0.381. The lowest BCUT2D eigenvalue weighted by Crippen LogP contribution is -2.32. The fourth-order valence-electron chi connectivity index (χ4n) is 3.93. The van der Waals surface area contributed by atoms with Gasteiger partial charge in [0.15, 0.2) is 11.4 Å². The molecule has 5 heterocycles. The number of aliphatic hydroxyl groups excluding tert-OH is 1.